The topological polar surface area (TPSA) is 60.7 Å². The summed E-state index contributed by atoms with van der Waals surface area (Å²) in [5, 5.41) is 27.6. The van der Waals surface area contributed by atoms with Gasteiger partial charge in [0, 0.05) is 0 Å². The van der Waals surface area contributed by atoms with Crippen LogP contribution in [0, 0.1) is 5.41 Å². The molecule has 0 spiro atoms. The van der Waals surface area contributed by atoms with Crippen molar-refractivity contribution < 1.29 is 15.3 Å². The molecule has 0 aromatic rings. The van der Waals surface area contributed by atoms with Gasteiger partial charge in [0.05, 0.1) is 12.2 Å². The first kappa shape index (κ1) is 10.9. The molecule has 0 saturated heterocycles. The zero-order valence-corrected chi connectivity index (χ0v) is 7.57. The van der Waals surface area contributed by atoms with E-state index in [9.17, 15) is 10.2 Å². The van der Waals surface area contributed by atoms with Crippen LogP contribution in [0.3, 0.4) is 0 Å². The minimum atomic E-state index is -1.06. The van der Waals surface area contributed by atoms with E-state index in [4.69, 9.17) is 5.11 Å². The highest BCUT2D eigenvalue weighted by Gasteiger charge is 2.31. The van der Waals surface area contributed by atoms with Crippen molar-refractivity contribution in [2.45, 2.75) is 46.0 Å². The van der Waals surface area contributed by atoms with Crippen molar-refractivity contribution in [3.05, 3.63) is 0 Å². The molecule has 68 valence electrons. The van der Waals surface area contributed by atoms with Gasteiger partial charge in [0.15, 0.2) is 0 Å². The van der Waals surface area contributed by atoms with E-state index in [0.717, 1.165) is 0 Å². The van der Waals surface area contributed by atoms with Crippen molar-refractivity contribution in [1.82, 2.24) is 0 Å². The number of hydrogen-bond donors (Lipinski definition) is 3. The quantitative estimate of drug-likeness (QED) is 0.541. The van der Waals surface area contributed by atoms with Crippen molar-refractivity contribution in [2.75, 3.05) is 0 Å². The van der Waals surface area contributed by atoms with Crippen molar-refractivity contribution in [3.8, 4) is 0 Å². The lowest BCUT2D eigenvalue weighted by molar-refractivity contribution is -0.0929. The first-order valence-electron chi connectivity index (χ1n) is 3.81. The van der Waals surface area contributed by atoms with Crippen LogP contribution in [0.5, 0.6) is 0 Å². The molecule has 0 saturated carbocycles. The van der Waals surface area contributed by atoms with E-state index in [1.807, 2.05) is 20.8 Å². The second kappa shape index (κ2) is 3.52. The van der Waals surface area contributed by atoms with Gasteiger partial charge in [-0.25, -0.2) is 0 Å². The van der Waals surface area contributed by atoms with Gasteiger partial charge in [-0.05, 0) is 12.3 Å². The lowest BCUT2D eigenvalue weighted by Crippen LogP contribution is -2.43. The van der Waals surface area contributed by atoms with Gasteiger partial charge in [-0.2, -0.15) is 0 Å². The molecule has 0 rings (SSSR count). The third-order valence-electron chi connectivity index (χ3n) is 1.71. The van der Waals surface area contributed by atoms with Gasteiger partial charge >= 0.3 is 0 Å². The van der Waals surface area contributed by atoms with Crippen LogP contribution in [0.15, 0.2) is 0 Å². The monoisotopic (exact) mass is 162 g/mol. The first-order chi connectivity index (χ1) is 4.76. The Bertz CT molecular complexity index is 115. The summed E-state index contributed by atoms with van der Waals surface area (Å²) in [4.78, 5) is 0. The maximum Gasteiger partial charge on any atom is 0.106 e. The highest BCUT2D eigenvalue weighted by Crippen LogP contribution is 2.22. The third kappa shape index (κ3) is 3.18. The Balaban J connectivity index is 4.13. The van der Waals surface area contributed by atoms with E-state index >= 15 is 0 Å². The highest BCUT2D eigenvalue weighted by molar-refractivity contribution is 4.82. The highest BCUT2D eigenvalue weighted by atomic mass is 16.4. The number of aliphatic hydroxyl groups excluding tert-OH is 3. The number of aliphatic hydroxyl groups is 3. The van der Waals surface area contributed by atoms with Crippen LogP contribution in [0.2, 0.25) is 0 Å². The average Bonchev–Trinajstić information content (AvgIpc) is 1.82. The normalized spacial score (nSPS) is 21.0. The molecule has 0 aliphatic rings. The van der Waals surface area contributed by atoms with Gasteiger partial charge in [0.25, 0.3) is 0 Å². The van der Waals surface area contributed by atoms with Crippen LogP contribution in [0.25, 0.3) is 0 Å². The van der Waals surface area contributed by atoms with Gasteiger partial charge in [-0.1, -0.05) is 20.8 Å². The largest absolute Gasteiger partial charge is 0.391 e. The Morgan fingerprint density at radius 3 is 1.45 bits per heavy atom. The van der Waals surface area contributed by atoms with Crippen LogP contribution < -0.4 is 0 Å². The standard InChI is InChI=1S/C8H18O3/c1-5(9)6(10)7(11)8(2,3)4/h5-7,9-11H,1-4H3. The zero-order valence-electron chi connectivity index (χ0n) is 7.57. The Hall–Kier alpha value is -0.120. The Labute approximate surface area is 67.7 Å². The smallest absolute Gasteiger partial charge is 0.106 e. The van der Waals surface area contributed by atoms with Crippen molar-refractivity contribution in [1.29, 1.82) is 0 Å². The lowest BCUT2D eigenvalue weighted by Gasteiger charge is -2.31. The molecule has 3 unspecified atom stereocenters. The molecule has 0 aliphatic carbocycles. The molecule has 0 radical (unpaired) electrons. The first-order valence-corrected chi connectivity index (χ1v) is 3.81. The summed E-state index contributed by atoms with van der Waals surface area (Å²) >= 11 is 0. The SMILES string of the molecule is CC(O)C(O)C(O)C(C)(C)C. The molecule has 0 aromatic carbocycles. The average molecular weight is 162 g/mol. The van der Waals surface area contributed by atoms with E-state index in [0.29, 0.717) is 0 Å². The molecule has 3 heteroatoms. The second-order valence-corrected chi connectivity index (χ2v) is 4.04. The maximum absolute atomic E-state index is 9.41. The van der Waals surface area contributed by atoms with E-state index in [2.05, 4.69) is 0 Å². The molecular formula is C8H18O3. The Morgan fingerprint density at radius 2 is 1.36 bits per heavy atom. The molecule has 0 heterocycles. The molecule has 3 atom stereocenters. The molecule has 0 bridgehead atoms. The molecule has 0 fully saturated rings. The summed E-state index contributed by atoms with van der Waals surface area (Å²) in [6.07, 6.45) is -2.83. The zero-order chi connectivity index (χ0) is 9.23. The van der Waals surface area contributed by atoms with Gasteiger partial charge < -0.3 is 15.3 Å². The fourth-order valence-electron chi connectivity index (χ4n) is 0.776. The molecule has 0 aliphatic heterocycles. The van der Waals surface area contributed by atoms with E-state index in [1.54, 1.807) is 0 Å². The van der Waals surface area contributed by atoms with Crippen LogP contribution >= 0.6 is 0 Å². The van der Waals surface area contributed by atoms with Crippen LogP contribution in [0.4, 0.5) is 0 Å². The molecule has 3 N–H and O–H groups in total. The number of rotatable bonds is 2. The van der Waals surface area contributed by atoms with Gasteiger partial charge in [-0.3, -0.25) is 0 Å². The summed E-state index contributed by atoms with van der Waals surface area (Å²) in [6, 6.07) is 0. The molecule has 11 heavy (non-hydrogen) atoms. The maximum atomic E-state index is 9.41. The molecule has 3 nitrogen and oxygen atoms in total. The van der Waals surface area contributed by atoms with Gasteiger partial charge in [0.1, 0.15) is 6.10 Å². The van der Waals surface area contributed by atoms with Crippen molar-refractivity contribution >= 4 is 0 Å². The minimum Gasteiger partial charge on any atom is -0.391 e. The summed E-state index contributed by atoms with van der Waals surface area (Å²) in [5.74, 6) is 0. The molecule has 0 aromatic heterocycles. The lowest BCUT2D eigenvalue weighted by atomic mass is 9.84. The van der Waals surface area contributed by atoms with Gasteiger partial charge in [-0.15, -0.1) is 0 Å². The van der Waals surface area contributed by atoms with E-state index < -0.39 is 23.7 Å². The summed E-state index contributed by atoms with van der Waals surface area (Å²) in [6.45, 7) is 6.88. The van der Waals surface area contributed by atoms with Crippen LogP contribution in [0.1, 0.15) is 27.7 Å². The van der Waals surface area contributed by atoms with Gasteiger partial charge in [0.2, 0.25) is 0 Å². The second-order valence-electron chi connectivity index (χ2n) is 4.04. The molecular weight excluding hydrogens is 144 g/mol. The fourth-order valence-corrected chi connectivity index (χ4v) is 0.776. The Morgan fingerprint density at radius 1 is 1.00 bits per heavy atom. The third-order valence-corrected chi connectivity index (χ3v) is 1.71. The summed E-state index contributed by atoms with van der Waals surface area (Å²) in [5.41, 5.74) is -0.392. The van der Waals surface area contributed by atoms with Crippen LogP contribution in [-0.2, 0) is 0 Å². The fraction of sp³-hybridized carbons (Fsp3) is 1.00. The summed E-state index contributed by atoms with van der Waals surface area (Å²) in [7, 11) is 0. The molecule has 0 amide bonds. The van der Waals surface area contributed by atoms with Crippen LogP contribution in [-0.4, -0.2) is 33.6 Å². The minimum absolute atomic E-state index is 0.392. The summed E-state index contributed by atoms with van der Waals surface area (Å²) < 4.78 is 0. The van der Waals surface area contributed by atoms with Crippen molar-refractivity contribution in [2.24, 2.45) is 5.41 Å². The number of hydrogen-bond acceptors (Lipinski definition) is 3. The van der Waals surface area contributed by atoms with Crippen molar-refractivity contribution in [3.63, 3.8) is 0 Å². The predicted molar refractivity (Wildman–Crippen MR) is 43.1 cm³/mol. The van der Waals surface area contributed by atoms with E-state index in [-0.39, 0.29) is 0 Å². The van der Waals surface area contributed by atoms with E-state index in [1.165, 1.54) is 6.92 Å². The predicted octanol–water partition coefficient (Wildman–Crippen LogP) is 0.135. The Kier molecular flexibility index (Phi) is 3.48.